The van der Waals surface area contributed by atoms with Crippen molar-refractivity contribution in [3.8, 4) is 0 Å². The van der Waals surface area contributed by atoms with Crippen molar-refractivity contribution in [2.75, 3.05) is 11.6 Å². The molecule has 2 rings (SSSR count). The molecule has 0 unspecified atom stereocenters. The number of hydrogen-bond acceptors (Lipinski definition) is 4. The van der Waals surface area contributed by atoms with Crippen LogP contribution in [0.4, 0.5) is 5.95 Å². The van der Waals surface area contributed by atoms with E-state index in [1.165, 1.54) is 6.92 Å². The van der Waals surface area contributed by atoms with E-state index in [0.29, 0.717) is 5.52 Å². The zero-order chi connectivity index (χ0) is 13.3. The summed E-state index contributed by atoms with van der Waals surface area (Å²) in [5.41, 5.74) is 1.49. The number of imidazole rings is 1. The van der Waals surface area contributed by atoms with Crippen LogP contribution in [0.25, 0.3) is 11.0 Å². The van der Waals surface area contributed by atoms with E-state index in [-0.39, 0.29) is 5.95 Å². The Hall–Kier alpha value is -1.89. The number of carbonyl (C=O) groups is 1. The fourth-order valence-corrected chi connectivity index (χ4v) is 1.87. The predicted octanol–water partition coefficient (Wildman–Crippen LogP) is 0.934. The third kappa shape index (κ3) is 2.51. The smallest absolute Gasteiger partial charge is 0.244 e. The number of benzene rings is 1. The van der Waals surface area contributed by atoms with Crippen molar-refractivity contribution in [3.63, 3.8) is 0 Å². The Morgan fingerprint density at radius 2 is 2.06 bits per heavy atom. The fourth-order valence-electron chi connectivity index (χ4n) is 1.42. The molecule has 1 aromatic heterocycles. The van der Waals surface area contributed by atoms with Crippen molar-refractivity contribution in [1.82, 2.24) is 9.97 Å². The molecule has 1 amide bonds. The molecule has 0 saturated carbocycles. The largest absolute Gasteiger partial charge is 0.324 e. The maximum Gasteiger partial charge on any atom is 0.244 e. The Bertz CT molecular complexity index is 657. The van der Waals surface area contributed by atoms with Gasteiger partial charge in [0.1, 0.15) is 5.25 Å². The van der Waals surface area contributed by atoms with Gasteiger partial charge in [-0.15, -0.1) is 0 Å². The molecule has 6 nitrogen and oxygen atoms in total. The molecule has 0 saturated heterocycles. The van der Waals surface area contributed by atoms with E-state index in [1.54, 1.807) is 6.07 Å². The molecule has 0 radical (unpaired) electrons. The van der Waals surface area contributed by atoms with Crippen LogP contribution >= 0.6 is 0 Å². The van der Waals surface area contributed by atoms with Crippen LogP contribution in [0.1, 0.15) is 6.92 Å². The van der Waals surface area contributed by atoms with Gasteiger partial charge in [0.05, 0.1) is 11.0 Å². The third-order valence-corrected chi connectivity index (χ3v) is 4.14. The topological polar surface area (TPSA) is 91.9 Å². The Balaban J connectivity index is 2.22. The van der Waals surface area contributed by atoms with Gasteiger partial charge in [-0.25, -0.2) is 13.4 Å². The fraction of sp³-hybridized carbons (Fsp3) is 0.273. The lowest BCUT2D eigenvalue weighted by molar-refractivity contribution is -0.115. The zero-order valence-corrected chi connectivity index (χ0v) is 10.8. The van der Waals surface area contributed by atoms with Crippen molar-refractivity contribution < 1.29 is 13.2 Å². The lowest BCUT2D eigenvalue weighted by Gasteiger charge is -2.07. The molecule has 0 fully saturated rings. The van der Waals surface area contributed by atoms with Gasteiger partial charge in [-0.3, -0.25) is 10.1 Å². The van der Waals surface area contributed by atoms with E-state index in [2.05, 4.69) is 15.3 Å². The molecule has 0 spiro atoms. The van der Waals surface area contributed by atoms with Crippen LogP contribution in [0, 0.1) is 0 Å². The summed E-state index contributed by atoms with van der Waals surface area (Å²) in [4.78, 5) is 18.7. The summed E-state index contributed by atoms with van der Waals surface area (Å²) in [6, 6.07) is 7.28. The summed E-state index contributed by atoms with van der Waals surface area (Å²) >= 11 is 0. The number of sulfone groups is 1. The predicted molar refractivity (Wildman–Crippen MR) is 69.0 cm³/mol. The number of nitrogens with zero attached hydrogens (tertiary/aromatic N) is 1. The summed E-state index contributed by atoms with van der Waals surface area (Å²) in [6.45, 7) is 1.34. The molecule has 1 heterocycles. The van der Waals surface area contributed by atoms with Crippen LogP contribution in [0.3, 0.4) is 0 Å². The molecule has 1 aromatic carbocycles. The lowest BCUT2D eigenvalue weighted by Crippen LogP contribution is -2.32. The van der Waals surface area contributed by atoms with Crippen molar-refractivity contribution in [1.29, 1.82) is 0 Å². The molecule has 2 aromatic rings. The molecule has 0 aliphatic carbocycles. The van der Waals surface area contributed by atoms with Gasteiger partial charge in [0.25, 0.3) is 0 Å². The summed E-state index contributed by atoms with van der Waals surface area (Å²) in [7, 11) is -3.41. The maximum atomic E-state index is 11.7. The number of aromatic nitrogens is 2. The minimum absolute atomic E-state index is 0.247. The Morgan fingerprint density at radius 1 is 1.39 bits per heavy atom. The monoisotopic (exact) mass is 267 g/mol. The minimum atomic E-state index is -3.41. The van der Waals surface area contributed by atoms with Crippen LogP contribution in [0.15, 0.2) is 24.3 Å². The van der Waals surface area contributed by atoms with Crippen LogP contribution in [-0.4, -0.2) is 35.8 Å². The molecule has 0 aliphatic heterocycles. The molecule has 7 heteroatoms. The number of fused-ring (bicyclic) bond motifs is 1. The van der Waals surface area contributed by atoms with Gasteiger partial charge in [-0.2, -0.15) is 0 Å². The molecule has 0 bridgehead atoms. The van der Waals surface area contributed by atoms with Gasteiger partial charge in [0.2, 0.25) is 11.9 Å². The number of aromatic amines is 1. The highest BCUT2D eigenvalue weighted by Crippen LogP contribution is 2.13. The normalized spacial score (nSPS) is 13.4. The second-order valence-corrected chi connectivity index (χ2v) is 6.43. The maximum absolute atomic E-state index is 11.7. The van der Waals surface area contributed by atoms with Crippen LogP contribution in [0.5, 0.6) is 0 Å². The van der Waals surface area contributed by atoms with E-state index in [4.69, 9.17) is 0 Å². The standard InChI is InChI=1S/C11H13N3O3S/c1-7(18(2,16)17)10(15)14-11-12-8-5-3-4-6-9(8)13-11/h3-7H,1-2H3,(H2,12,13,14,15)/t7-/m0/s1. The Labute approximate surface area is 104 Å². The highest BCUT2D eigenvalue weighted by molar-refractivity contribution is 7.92. The number of hydrogen-bond donors (Lipinski definition) is 2. The van der Waals surface area contributed by atoms with Gasteiger partial charge in [-0.05, 0) is 19.1 Å². The van der Waals surface area contributed by atoms with E-state index in [9.17, 15) is 13.2 Å². The molecule has 96 valence electrons. The number of amides is 1. The van der Waals surface area contributed by atoms with Crippen molar-refractivity contribution in [2.24, 2.45) is 0 Å². The number of anilines is 1. The number of carbonyl (C=O) groups excluding carboxylic acids is 1. The number of para-hydroxylation sites is 2. The molecular formula is C11H13N3O3S. The van der Waals surface area contributed by atoms with Crippen LogP contribution < -0.4 is 5.32 Å². The molecular weight excluding hydrogens is 254 g/mol. The highest BCUT2D eigenvalue weighted by atomic mass is 32.2. The van der Waals surface area contributed by atoms with Gasteiger partial charge in [0, 0.05) is 6.26 Å². The van der Waals surface area contributed by atoms with Crippen LogP contribution in [0.2, 0.25) is 0 Å². The third-order valence-electron chi connectivity index (χ3n) is 2.64. The van der Waals surface area contributed by atoms with Gasteiger partial charge in [-0.1, -0.05) is 12.1 Å². The Kier molecular flexibility index (Phi) is 3.08. The molecule has 18 heavy (non-hydrogen) atoms. The van der Waals surface area contributed by atoms with E-state index in [1.807, 2.05) is 18.2 Å². The first kappa shape index (κ1) is 12.6. The van der Waals surface area contributed by atoms with Crippen LogP contribution in [-0.2, 0) is 14.6 Å². The van der Waals surface area contributed by atoms with Gasteiger partial charge >= 0.3 is 0 Å². The second kappa shape index (κ2) is 4.41. The summed E-state index contributed by atoms with van der Waals surface area (Å²) in [5, 5.41) is 1.35. The minimum Gasteiger partial charge on any atom is -0.324 e. The van der Waals surface area contributed by atoms with E-state index >= 15 is 0 Å². The summed E-state index contributed by atoms with van der Waals surface area (Å²) < 4.78 is 22.5. The first-order valence-electron chi connectivity index (χ1n) is 5.32. The summed E-state index contributed by atoms with van der Waals surface area (Å²) in [6.07, 6.45) is 1.02. The lowest BCUT2D eigenvalue weighted by atomic mass is 10.3. The van der Waals surface area contributed by atoms with Crippen molar-refractivity contribution in [2.45, 2.75) is 12.2 Å². The quantitative estimate of drug-likeness (QED) is 0.865. The second-order valence-electron chi connectivity index (χ2n) is 4.06. The van der Waals surface area contributed by atoms with Crippen molar-refractivity contribution in [3.05, 3.63) is 24.3 Å². The number of nitrogens with one attached hydrogen (secondary N) is 2. The Morgan fingerprint density at radius 3 is 2.67 bits per heavy atom. The number of H-pyrrole nitrogens is 1. The first-order valence-corrected chi connectivity index (χ1v) is 7.28. The average molecular weight is 267 g/mol. The van der Waals surface area contributed by atoms with Gasteiger partial charge < -0.3 is 4.98 Å². The summed E-state index contributed by atoms with van der Waals surface area (Å²) in [5.74, 6) is -0.353. The molecule has 0 aliphatic rings. The highest BCUT2D eigenvalue weighted by Gasteiger charge is 2.24. The van der Waals surface area contributed by atoms with E-state index in [0.717, 1.165) is 11.8 Å². The average Bonchev–Trinajstić information content (AvgIpc) is 2.68. The number of rotatable bonds is 3. The zero-order valence-electron chi connectivity index (χ0n) is 9.97. The molecule has 2 N–H and O–H groups in total. The first-order chi connectivity index (χ1) is 8.38. The van der Waals surface area contributed by atoms with Gasteiger partial charge in [0.15, 0.2) is 9.84 Å². The van der Waals surface area contributed by atoms with Crippen molar-refractivity contribution >= 4 is 32.7 Å². The van der Waals surface area contributed by atoms with E-state index < -0.39 is 21.0 Å². The SMILES string of the molecule is C[C@@H](C(=O)Nc1nc2ccccc2[nH]1)S(C)(=O)=O. The molecule has 1 atom stereocenters.